The molecule has 1 aromatic rings. The molecule has 1 aliphatic heterocycles. The van der Waals surface area contributed by atoms with E-state index in [1.165, 1.54) is 0 Å². The summed E-state index contributed by atoms with van der Waals surface area (Å²) in [6.45, 7) is 1.41. The van der Waals surface area contributed by atoms with Crippen LogP contribution < -0.4 is 10.2 Å². The SMILES string of the molecule is O=C(C[NH+]1CCCCCCC1)Nc1c(F)c(F)c(F)c(F)c1F. The number of quaternary nitrogens is 1. The van der Waals surface area contributed by atoms with Crippen LogP contribution in [0.3, 0.4) is 0 Å². The molecule has 1 amide bonds. The molecule has 8 heteroatoms. The van der Waals surface area contributed by atoms with Crippen LogP contribution in [0, 0.1) is 29.1 Å². The summed E-state index contributed by atoms with van der Waals surface area (Å²) in [7, 11) is 0. The smallest absolute Gasteiger partial charge is 0.279 e. The molecule has 0 aliphatic carbocycles. The molecule has 0 aromatic heterocycles. The second-order valence-electron chi connectivity index (χ2n) is 5.69. The van der Waals surface area contributed by atoms with E-state index in [-0.39, 0.29) is 6.54 Å². The summed E-state index contributed by atoms with van der Waals surface area (Å²) in [6, 6.07) is 0. The zero-order valence-corrected chi connectivity index (χ0v) is 12.5. The van der Waals surface area contributed by atoms with Crippen LogP contribution in [0.5, 0.6) is 0 Å². The van der Waals surface area contributed by atoms with Crippen molar-refractivity contribution in [3.8, 4) is 0 Å². The number of likely N-dealkylation sites (tertiary alicyclic amines) is 1. The number of carbonyl (C=O) groups excluding carboxylic acids is 1. The van der Waals surface area contributed by atoms with Gasteiger partial charge in [0, 0.05) is 0 Å². The highest BCUT2D eigenvalue weighted by Gasteiger charge is 2.27. The fourth-order valence-electron chi connectivity index (χ4n) is 2.71. The number of hydrogen-bond acceptors (Lipinski definition) is 1. The molecule has 0 unspecified atom stereocenters. The molecule has 1 aliphatic rings. The number of carbonyl (C=O) groups is 1. The molecule has 0 spiro atoms. The van der Waals surface area contributed by atoms with Crippen LogP contribution in [0.25, 0.3) is 0 Å². The van der Waals surface area contributed by atoms with Gasteiger partial charge in [0.25, 0.3) is 5.91 Å². The fraction of sp³-hybridized carbons (Fsp3) is 0.533. The van der Waals surface area contributed by atoms with E-state index in [9.17, 15) is 26.7 Å². The fourth-order valence-corrected chi connectivity index (χ4v) is 2.71. The summed E-state index contributed by atoms with van der Waals surface area (Å²) in [4.78, 5) is 12.8. The van der Waals surface area contributed by atoms with Crippen LogP contribution in [0.1, 0.15) is 32.1 Å². The van der Waals surface area contributed by atoms with E-state index >= 15 is 0 Å². The number of benzene rings is 1. The minimum Gasteiger partial charge on any atom is -0.327 e. The minimum absolute atomic E-state index is 0.0699. The third-order valence-electron chi connectivity index (χ3n) is 3.95. The molecule has 0 saturated carbocycles. The van der Waals surface area contributed by atoms with E-state index < -0.39 is 40.7 Å². The van der Waals surface area contributed by atoms with Crippen molar-refractivity contribution in [2.75, 3.05) is 25.0 Å². The Labute approximate surface area is 130 Å². The number of anilines is 1. The van der Waals surface area contributed by atoms with E-state index in [0.29, 0.717) is 0 Å². The zero-order valence-electron chi connectivity index (χ0n) is 12.5. The third-order valence-corrected chi connectivity index (χ3v) is 3.95. The molecule has 0 atom stereocenters. The first-order valence-electron chi connectivity index (χ1n) is 7.56. The summed E-state index contributed by atoms with van der Waals surface area (Å²) >= 11 is 0. The van der Waals surface area contributed by atoms with E-state index in [0.717, 1.165) is 50.1 Å². The molecule has 128 valence electrons. The summed E-state index contributed by atoms with van der Waals surface area (Å²) in [5.74, 6) is -11.2. The van der Waals surface area contributed by atoms with Gasteiger partial charge in [-0.25, -0.2) is 22.0 Å². The van der Waals surface area contributed by atoms with Crippen LogP contribution in [0.2, 0.25) is 0 Å². The standard InChI is InChI=1S/C15H17F5N2O/c16-10-11(17)13(19)15(14(20)12(10)18)21-9(23)8-22-6-4-2-1-3-5-7-22/h1-8H2,(H,21,23)/p+1. The summed E-state index contributed by atoms with van der Waals surface area (Å²) in [5.41, 5.74) is -1.29. The number of rotatable bonds is 3. The lowest BCUT2D eigenvalue weighted by Crippen LogP contribution is -3.13. The maximum Gasteiger partial charge on any atom is 0.279 e. The van der Waals surface area contributed by atoms with Gasteiger partial charge in [-0.3, -0.25) is 4.79 Å². The Balaban J connectivity index is 2.08. The van der Waals surface area contributed by atoms with E-state index in [2.05, 4.69) is 0 Å². The molecule has 1 aromatic carbocycles. The molecule has 23 heavy (non-hydrogen) atoms. The monoisotopic (exact) mass is 337 g/mol. The number of nitrogens with one attached hydrogen (secondary N) is 2. The van der Waals surface area contributed by atoms with Crippen molar-refractivity contribution in [2.24, 2.45) is 0 Å². The molecule has 1 heterocycles. The maximum absolute atomic E-state index is 13.5. The van der Waals surface area contributed by atoms with E-state index in [1.807, 2.05) is 5.32 Å². The lowest BCUT2D eigenvalue weighted by atomic mass is 10.1. The lowest BCUT2D eigenvalue weighted by Gasteiger charge is -2.21. The Morgan fingerprint density at radius 1 is 0.783 bits per heavy atom. The van der Waals surface area contributed by atoms with Gasteiger partial charge in [-0.1, -0.05) is 6.42 Å². The molecule has 2 rings (SSSR count). The van der Waals surface area contributed by atoms with Crippen molar-refractivity contribution >= 4 is 11.6 Å². The first kappa shape index (κ1) is 17.7. The highest BCUT2D eigenvalue weighted by atomic mass is 19.2. The van der Waals surface area contributed by atoms with Gasteiger partial charge in [0.2, 0.25) is 5.82 Å². The Morgan fingerprint density at radius 2 is 1.22 bits per heavy atom. The molecule has 2 N–H and O–H groups in total. The Kier molecular flexibility index (Phi) is 5.92. The number of amides is 1. The number of hydrogen-bond donors (Lipinski definition) is 2. The van der Waals surface area contributed by atoms with Gasteiger partial charge in [-0.15, -0.1) is 0 Å². The van der Waals surface area contributed by atoms with E-state index in [1.54, 1.807) is 0 Å². The van der Waals surface area contributed by atoms with Crippen LogP contribution in [0.4, 0.5) is 27.6 Å². The first-order valence-corrected chi connectivity index (χ1v) is 7.56. The van der Waals surface area contributed by atoms with Crippen molar-refractivity contribution in [3.63, 3.8) is 0 Å². The van der Waals surface area contributed by atoms with Gasteiger partial charge < -0.3 is 10.2 Å². The summed E-state index contributed by atoms with van der Waals surface area (Å²) < 4.78 is 66.2. The Morgan fingerprint density at radius 3 is 1.74 bits per heavy atom. The van der Waals surface area contributed by atoms with Crippen LogP contribution >= 0.6 is 0 Å². The Hall–Kier alpha value is -1.70. The lowest BCUT2D eigenvalue weighted by molar-refractivity contribution is -0.892. The van der Waals surface area contributed by atoms with Crippen LogP contribution in [-0.2, 0) is 4.79 Å². The summed E-state index contributed by atoms with van der Waals surface area (Å²) in [5, 5.41) is 1.81. The van der Waals surface area contributed by atoms with Crippen molar-refractivity contribution in [3.05, 3.63) is 29.1 Å². The third kappa shape index (κ3) is 4.19. The molecular formula is C15H18F5N2O+. The molecule has 0 radical (unpaired) electrons. The first-order chi connectivity index (χ1) is 10.9. The van der Waals surface area contributed by atoms with Crippen LogP contribution in [0.15, 0.2) is 0 Å². The van der Waals surface area contributed by atoms with Crippen molar-refractivity contribution in [1.82, 2.24) is 0 Å². The average molecular weight is 337 g/mol. The molecule has 1 saturated heterocycles. The predicted octanol–water partition coefficient (Wildman–Crippen LogP) is 2.17. The van der Waals surface area contributed by atoms with E-state index in [4.69, 9.17) is 0 Å². The normalized spacial score (nSPS) is 16.7. The van der Waals surface area contributed by atoms with Gasteiger partial charge in [-0.2, -0.15) is 0 Å². The Bertz CT molecular complexity index is 557. The van der Waals surface area contributed by atoms with Gasteiger partial charge >= 0.3 is 0 Å². The minimum atomic E-state index is -2.24. The molecule has 1 fully saturated rings. The topological polar surface area (TPSA) is 33.5 Å². The quantitative estimate of drug-likeness (QED) is 0.495. The molecular weight excluding hydrogens is 319 g/mol. The van der Waals surface area contributed by atoms with Gasteiger partial charge in [0.05, 0.1) is 13.1 Å². The molecule has 3 nitrogen and oxygen atoms in total. The van der Waals surface area contributed by atoms with Crippen molar-refractivity contribution in [1.29, 1.82) is 0 Å². The van der Waals surface area contributed by atoms with Gasteiger partial charge in [0.15, 0.2) is 29.8 Å². The second-order valence-corrected chi connectivity index (χ2v) is 5.69. The maximum atomic E-state index is 13.5. The largest absolute Gasteiger partial charge is 0.327 e. The zero-order chi connectivity index (χ0) is 17.0. The second kappa shape index (κ2) is 7.72. The van der Waals surface area contributed by atoms with Gasteiger partial charge in [0.1, 0.15) is 5.69 Å². The highest BCUT2D eigenvalue weighted by molar-refractivity contribution is 5.91. The van der Waals surface area contributed by atoms with Crippen molar-refractivity contribution < 1.29 is 31.6 Å². The van der Waals surface area contributed by atoms with Crippen LogP contribution in [-0.4, -0.2) is 25.5 Å². The average Bonchev–Trinajstić information content (AvgIpc) is 2.50. The number of halogens is 5. The summed E-state index contributed by atoms with van der Waals surface area (Å²) in [6.07, 6.45) is 5.13. The molecule has 0 bridgehead atoms. The van der Waals surface area contributed by atoms with Gasteiger partial charge in [-0.05, 0) is 25.7 Å². The predicted molar refractivity (Wildman–Crippen MR) is 73.5 cm³/mol. The highest BCUT2D eigenvalue weighted by Crippen LogP contribution is 2.26. The van der Waals surface area contributed by atoms with Crippen molar-refractivity contribution in [2.45, 2.75) is 32.1 Å².